The van der Waals surface area contributed by atoms with E-state index in [1.54, 1.807) is 11.8 Å². The molecular weight excluding hydrogens is 180 g/mol. The van der Waals surface area contributed by atoms with Crippen molar-refractivity contribution in [3.8, 4) is 0 Å². The fourth-order valence-corrected chi connectivity index (χ4v) is 1.80. The van der Waals surface area contributed by atoms with E-state index in [9.17, 15) is 0 Å². The van der Waals surface area contributed by atoms with Crippen molar-refractivity contribution in [2.24, 2.45) is 0 Å². The van der Waals surface area contributed by atoms with Crippen molar-refractivity contribution in [1.29, 1.82) is 0 Å². The average Bonchev–Trinajstić information content (AvgIpc) is 2.12. The molecule has 0 radical (unpaired) electrons. The van der Waals surface area contributed by atoms with Gasteiger partial charge in [0.1, 0.15) is 0 Å². The molecule has 0 aliphatic carbocycles. The van der Waals surface area contributed by atoms with Gasteiger partial charge in [-0.2, -0.15) is 0 Å². The van der Waals surface area contributed by atoms with Crippen LogP contribution >= 0.6 is 11.8 Å². The lowest BCUT2D eigenvalue weighted by Gasteiger charge is -2.29. The Labute approximate surface area is 83.1 Å². The van der Waals surface area contributed by atoms with Gasteiger partial charge in [-0.1, -0.05) is 6.07 Å². The van der Waals surface area contributed by atoms with Gasteiger partial charge in [0.15, 0.2) is 0 Å². The predicted molar refractivity (Wildman–Crippen MR) is 58.5 cm³/mol. The smallest absolute Gasteiger partial charge is 0.0510 e. The van der Waals surface area contributed by atoms with E-state index in [1.807, 2.05) is 0 Å². The second-order valence-electron chi connectivity index (χ2n) is 3.23. The number of hydrogen-bond donors (Lipinski definition) is 2. The largest absolute Gasteiger partial charge is 0.380 e. The molecule has 3 heteroatoms. The number of thioether (sulfide) groups is 1. The maximum absolute atomic E-state index is 3.48. The maximum atomic E-state index is 3.48. The van der Waals surface area contributed by atoms with E-state index in [2.05, 4.69) is 41.2 Å². The second kappa shape index (κ2) is 4.03. The van der Waals surface area contributed by atoms with Crippen molar-refractivity contribution in [3.05, 3.63) is 24.3 Å². The molecule has 0 spiro atoms. The molecule has 1 aromatic rings. The molecule has 1 aliphatic rings. The molecular formula is C10H14N2S. The van der Waals surface area contributed by atoms with Crippen LogP contribution in [0.15, 0.2) is 29.2 Å². The topological polar surface area (TPSA) is 24.1 Å². The molecule has 0 aromatic heterocycles. The van der Waals surface area contributed by atoms with Crippen LogP contribution in [-0.4, -0.2) is 25.4 Å². The van der Waals surface area contributed by atoms with Crippen LogP contribution in [0.2, 0.25) is 0 Å². The molecule has 13 heavy (non-hydrogen) atoms. The van der Waals surface area contributed by atoms with Gasteiger partial charge in [-0.3, -0.25) is 0 Å². The third-order valence-corrected chi connectivity index (χ3v) is 2.95. The van der Waals surface area contributed by atoms with Gasteiger partial charge >= 0.3 is 0 Å². The van der Waals surface area contributed by atoms with Crippen molar-refractivity contribution < 1.29 is 0 Å². The van der Waals surface area contributed by atoms with Crippen molar-refractivity contribution in [2.45, 2.75) is 10.9 Å². The van der Waals surface area contributed by atoms with Crippen molar-refractivity contribution in [1.82, 2.24) is 5.32 Å². The van der Waals surface area contributed by atoms with Crippen LogP contribution in [0.1, 0.15) is 0 Å². The number of benzene rings is 1. The van der Waals surface area contributed by atoms with Crippen LogP contribution in [0.4, 0.5) is 5.69 Å². The van der Waals surface area contributed by atoms with E-state index in [0.29, 0.717) is 6.04 Å². The van der Waals surface area contributed by atoms with Crippen molar-refractivity contribution in [3.63, 3.8) is 0 Å². The van der Waals surface area contributed by atoms with Gasteiger partial charge in [0.2, 0.25) is 0 Å². The minimum atomic E-state index is 0.622. The molecule has 1 aliphatic heterocycles. The van der Waals surface area contributed by atoms with Crippen LogP contribution in [0.25, 0.3) is 0 Å². The van der Waals surface area contributed by atoms with Crippen LogP contribution in [-0.2, 0) is 0 Å². The first-order valence-electron chi connectivity index (χ1n) is 4.50. The molecule has 2 rings (SSSR count). The number of anilines is 1. The first kappa shape index (κ1) is 8.91. The molecule has 0 saturated carbocycles. The lowest BCUT2D eigenvalue weighted by molar-refractivity contribution is 0.472. The molecule has 1 fully saturated rings. The summed E-state index contributed by atoms with van der Waals surface area (Å²) in [7, 11) is 0. The van der Waals surface area contributed by atoms with Gasteiger partial charge in [-0.15, -0.1) is 11.8 Å². The van der Waals surface area contributed by atoms with Crippen LogP contribution in [0.5, 0.6) is 0 Å². The van der Waals surface area contributed by atoms with E-state index in [0.717, 1.165) is 13.1 Å². The minimum Gasteiger partial charge on any atom is -0.380 e. The Morgan fingerprint density at radius 3 is 2.92 bits per heavy atom. The van der Waals surface area contributed by atoms with Crippen molar-refractivity contribution in [2.75, 3.05) is 24.7 Å². The molecule has 0 unspecified atom stereocenters. The second-order valence-corrected chi connectivity index (χ2v) is 4.11. The summed E-state index contributed by atoms with van der Waals surface area (Å²) in [6.45, 7) is 2.17. The highest BCUT2D eigenvalue weighted by Crippen LogP contribution is 2.19. The van der Waals surface area contributed by atoms with Crippen molar-refractivity contribution >= 4 is 17.4 Å². The third-order valence-electron chi connectivity index (χ3n) is 2.22. The molecule has 2 N–H and O–H groups in total. The molecule has 1 saturated heterocycles. The lowest BCUT2D eigenvalue weighted by atomic mass is 10.1. The highest BCUT2D eigenvalue weighted by atomic mass is 32.2. The first-order valence-corrected chi connectivity index (χ1v) is 5.72. The molecule has 1 heterocycles. The summed E-state index contributed by atoms with van der Waals surface area (Å²) < 4.78 is 0. The highest BCUT2D eigenvalue weighted by molar-refractivity contribution is 7.98. The maximum Gasteiger partial charge on any atom is 0.0510 e. The lowest BCUT2D eigenvalue weighted by Crippen LogP contribution is -2.51. The fourth-order valence-electron chi connectivity index (χ4n) is 1.34. The van der Waals surface area contributed by atoms with Crippen LogP contribution < -0.4 is 10.6 Å². The predicted octanol–water partition coefficient (Wildman–Crippen LogP) is 1.79. The summed E-state index contributed by atoms with van der Waals surface area (Å²) in [6, 6.07) is 9.17. The quantitative estimate of drug-likeness (QED) is 0.717. The minimum absolute atomic E-state index is 0.622. The normalized spacial score (nSPS) is 16.7. The summed E-state index contributed by atoms with van der Waals surface area (Å²) in [5, 5.41) is 6.72. The summed E-state index contributed by atoms with van der Waals surface area (Å²) in [5.74, 6) is 0. The Hall–Kier alpha value is -0.670. The van der Waals surface area contributed by atoms with Gasteiger partial charge in [0, 0.05) is 23.7 Å². The van der Waals surface area contributed by atoms with E-state index in [-0.39, 0.29) is 0 Å². The molecule has 0 amide bonds. The number of nitrogens with one attached hydrogen (secondary N) is 2. The van der Waals surface area contributed by atoms with Gasteiger partial charge in [0.25, 0.3) is 0 Å². The van der Waals surface area contributed by atoms with E-state index in [4.69, 9.17) is 0 Å². The average molecular weight is 194 g/mol. The Bertz CT molecular complexity index is 284. The monoisotopic (exact) mass is 194 g/mol. The summed E-state index contributed by atoms with van der Waals surface area (Å²) >= 11 is 1.78. The summed E-state index contributed by atoms with van der Waals surface area (Å²) in [5.41, 5.74) is 1.23. The van der Waals surface area contributed by atoms with E-state index in [1.165, 1.54) is 10.6 Å². The van der Waals surface area contributed by atoms with E-state index >= 15 is 0 Å². The summed E-state index contributed by atoms with van der Waals surface area (Å²) in [4.78, 5) is 1.32. The Kier molecular flexibility index (Phi) is 2.76. The zero-order valence-electron chi connectivity index (χ0n) is 7.71. The van der Waals surface area contributed by atoms with Gasteiger partial charge in [0.05, 0.1) is 6.04 Å². The molecule has 0 bridgehead atoms. The zero-order valence-corrected chi connectivity index (χ0v) is 8.53. The SMILES string of the molecule is CSc1cccc(NC2CNC2)c1. The molecule has 2 nitrogen and oxygen atoms in total. The zero-order chi connectivity index (χ0) is 9.10. The van der Waals surface area contributed by atoms with Gasteiger partial charge in [-0.05, 0) is 24.5 Å². The highest BCUT2D eigenvalue weighted by Gasteiger charge is 2.15. The first-order chi connectivity index (χ1) is 6.38. The van der Waals surface area contributed by atoms with Crippen LogP contribution in [0, 0.1) is 0 Å². The summed E-state index contributed by atoms with van der Waals surface area (Å²) in [6.07, 6.45) is 2.10. The Balaban J connectivity index is 2.01. The van der Waals surface area contributed by atoms with Gasteiger partial charge < -0.3 is 10.6 Å². The van der Waals surface area contributed by atoms with Gasteiger partial charge in [-0.25, -0.2) is 0 Å². The number of hydrogen-bond acceptors (Lipinski definition) is 3. The molecule has 0 atom stereocenters. The van der Waals surface area contributed by atoms with E-state index < -0.39 is 0 Å². The fraction of sp³-hybridized carbons (Fsp3) is 0.400. The van der Waals surface area contributed by atoms with Crippen LogP contribution in [0.3, 0.4) is 0 Å². The molecule has 70 valence electrons. The standard InChI is InChI=1S/C10H14N2S/c1-13-10-4-2-3-8(5-10)12-9-6-11-7-9/h2-5,9,11-12H,6-7H2,1H3. The third kappa shape index (κ3) is 2.17. The number of rotatable bonds is 3. The Morgan fingerprint density at radius 1 is 1.46 bits per heavy atom. The Morgan fingerprint density at radius 2 is 2.31 bits per heavy atom. The molecule has 1 aromatic carbocycles.